The molecule has 3 aromatic rings. The van der Waals surface area contributed by atoms with Crippen LogP contribution in [0.25, 0.3) is 22.0 Å². The van der Waals surface area contributed by atoms with Crippen molar-refractivity contribution in [2.24, 2.45) is 5.73 Å². The number of H-pyrrole nitrogens is 1. The number of carbonyl (C=O) groups excluding carboxylic acids is 2. The van der Waals surface area contributed by atoms with Gasteiger partial charge in [0.25, 0.3) is 5.91 Å². The van der Waals surface area contributed by atoms with Gasteiger partial charge in [-0.2, -0.15) is 0 Å². The number of amides is 1. The van der Waals surface area contributed by atoms with Gasteiger partial charge in [-0.25, -0.2) is 0 Å². The Morgan fingerprint density at radius 3 is 2.42 bits per heavy atom. The van der Waals surface area contributed by atoms with Crippen LogP contribution in [0.1, 0.15) is 29.4 Å². The molecule has 122 valence electrons. The first kappa shape index (κ1) is 15.8. The molecule has 0 saturated heterocycles. The monoisotopic (exact) mass is 321 g/mol. The Bertz CT molecular complexity index is 924. The smallest absolute Gasteiger partial charge is 0.265 e. The zero-order chi connectivity index (χ0) is 17.3. The first-order chi connectivity index (χ1) is 11.5. The topological polar surface area (TPSA) is 102 Å². The Kier molecular flexibility index (Phi) is 4.08. The number of para-hydroxylation sites is 1. The summed E-state index contributed by atoms with van der Waals surface area (Å²) in [5.41, 5.74) is 15.5. The normalized spacial score (nSPS) is 10.9. The van der Waals surface area contributed by atoms with E-state index in [1.165, 1.54) is 0 Å². The number of anilines is 1. The SMILES string of the molecule is CCC(=O)Cc1cccc2c(-c3ccc(N)cc3)c(C(N)=O)[nH]c12. The van der Waals surface area contributed by atoms with E-state index in [2.05, 4.69) is 4.98 Å². The molecule has 24 heavy (non-hydrogen) atoms. The molecule has 0 saturated carbocycles. The summed E-state index contributed by atoms with van der Waals surface area (Å²) in [6.45, 7) is 1.84. The molecule has 0 bridgehead atoms. The molecule has 3 rings (SSSR count). The Balaban J connectivity index is 2.25. The van der Waals surface area contributed by atoms with Crippen LogP contribution in [0.4, 0.5) is 5.69 Å². The van der Waals surface area contributed by atoms with E-state index in [0.29, 0.717) is 24.2 Å². The van der Waals surface area contributed by atoms with Crippen molar-refractivity contribution in [3.8, 4) is 11.1 Å². The van der Waals surface area contributed by atoms with Crippen molar-refractivity contribution in [1.29, 1.82) is 0 Å². The van der Waals surface area contributed by atoms with Gasteiger partial charge in [-0.15, -0.1) is 0 Å². The number of nitrogens with one attached hydrogen (secondary N) is 1. The van der Waals surface area contributed by atoms with Gasteiger partial charge in [0.1, 0.15) is 11.5 Å². The van der Waals surface area contributed by atoms with E-state index >= 15 is 0 Å². The number of hydrogen-bond acceptors (Lipinski definition) is 3. The zero-order valence-electron chi connectivity index (χ0n) is 13.4. The van der Waals surface area contributed by atoms with Crippen LogP contribution in [-0.4, -0.2) is 16.7 Å². The molecule has 5 heteroatoms. The van der Waals surface area contributed by atoms with Crippen molar-refractivity contribution in [3.05, 3.63) is 53.7 Å². The molecule has 0 aliphatic carbocycles. The fourth-order valence-electron chi connectivity index (χ4n) is 2.90. The number of aromatic nitrogens is 1. The predicted octanol–water partition coefficient (Wildman–Crippen LogP) is 3.04. The molecule has 1 heterocycles. The van der Waals surface area contributed by atoms with Crippen molar-refractivity contribution in [2.45, 2.75) is 19.8 Å². The van der Waals surface area contributed by atoms with Gasteiger partial charge in [0.2, 0.25) is 0 Å². The maximum atomic E-state index is 11.9. The van der Waals surface area contributed by atoms with Crippen molar-refractivity contribution in [2.75, 3.05) is 5.73 Å². The van der Waals surface area contributed by atoms with Crippen LogP contribution in [0.5, 0.6) is 0 Å². The molecular weight excluding hydrogens is 302 g/mol. The van der Waals surface area contributed by atoms with Gasteiger partial charge in [-0.3, -0.25) is 9.59 Å². The number of rotatable bonds is 5. The van der Waals surface area contributed by atoms with E-state index in [1.807, 2.05) is 37.3 Å². The summed E-state index contributed by atoms with van der Waals surface area (Å²) in [6.07, 6.45) is 0.804. The third kappa shape index (κ3) is 2.76. The molecule has 0 unspecified atom stereocenters. The number of benzene rings is 2. The van der Waals surface area contributed by atoms with Crippen molar-refractivity contribution in [1.82, 2.24) is 4.98 Å². The average molecular weight is 321 g/mol. The maximum absolute atomic E-state index is 11.9. The fourth-order valence-corrected chi connectivity index (χ4v) is 2.90. The van der Waals surface area contributed by atoms with Gasteiger partial charge >= 0.3 is 0 Å². The lowest BCUT2D eigenvalue weighted by Crippen LogP contribution is -2.12. The van der Waals surface area contributed by atoms with Gasteiger partial charge in [-0.05, 0) is 23.3 Å². The van der Waals surface area contributed by atoms with Crippen molar-refractivity contribution in [3.63, 3.8) is 0 Å². The summed E-state index contributed by atoms with van der Waals surface area (Å²) in [7, 11) is 0. The van der Waals surface area contributed by atoms with E-state index in [0.717, 1.165) is 27.6 Å². The number of ketones is 1. The van der Waals surface area contributed by atoms with Gasteiger partial charge in [-0.1, -0.05) is 37.3 Å². The zero-order valence-corrected chi connectivity index (χ0v) is 13.4. The quantitative estimate of drug-likeness (QED) is 0.629. The van der Waals surface area contributed by atoms with Crippen molar-refractivity contribution >= 4 is 28.3 Å². The molecular formula is C19H19N3O2. The molecule has 2 aromatic carbocycles. The highest BCUT2D eigenvalue weighted by Crippen LogP contribution is 2.34. The Morgan fingerprint density at radius 2 is 1.79 bits per heavy atom. The van der Waals surface area contributed by atoms with Crippen LogP contribution in [0, 0.1) is 0 Å². The molecule has 5 nitrogen and oxygen atoms in total. The number of fused-ring (bicyclic) bond motifs is 1. The van der Waals surface area contributed by atoms with Gasteiger partial charge < -0.3 is 16.5 Å². The minimum atomic E-state index is -0.536. The lowest BCUT2D eigenvalue weighted by molar-refractivity contribution is -0.118. The number of nitrogens with two attached hydrogens (primary N) is 2. The minimum absolute atomic E-state index is 0.145. The average Bonchev–Trinajstić information content (AvgIpc) is 2.96. The Hall–Kier alpha value is -3.08. The number of aromatic amines is 1. The van der Waals surface area contributed by atoms with Crippen LogP contribution in [0.2, 0.25) is 0 Å². The number of primary amides is 1. The second kappa shape index (κ2) is 6.20. The van der Waals surface area contributed by atoms with Crippen LogP contribution in [0.15, 0.2) is 42.5 Å². The van der Waals surface area contributed by atoms with E-state index in [1.54, 1.807) is 12.1 Å². The third-order valence-electron chi connectivity index (χ3n) is 4.15. The van der Waals surface area contributed by atoms with Crippen LogP contribution >= 0.6 is 0 Å². The van der Waals surface area contributed by atoms with Crippen molar-refractivity contribution < 1.29 is 9.59 Å². The first-order valence-electron chi connectivity index (χ1n) is 7.82. The molecule has 0 atom stereocenters. The van der Waals surface area contributed by atoms with Gasteiger partial charge in [0, 0.05) is 29.5 Å². The lowest BCUT2D eigenvalue weighted by atomic mass is 9.98. The molecule has 1 aromatic heterocycles. The van der Waals surface area contributed by atoms with E-state index in [-0.39, 0.29) is 5.78 Å². The lowest BCUT2D eigenvalue weighted by Gasteiger charge is -2.04. The highest BCUT2D eigenvalue weighted by molar-refractivity contribution is 6.10. The van der Waals surface area contributed by atoms with E-state index < -0.39 is 5.91 Å². The number of carbonyl (C=O) groups is 2. The second-order valence-corrected chi connectivity index (χ2v) is 5.77. The number of nitrogen functional groups attached to an aromatic ring is 1. The molecule has 0 fully saturated rings. The van der Waals surface area contributed by atoms with Gasteiger partial charge in [0.05, 0.1) is 5.52 Å². The molecule has 1 amide bonds. The molecule has 0 aliphatic heterocycles. The van der Waals surface area contributed by atoms with Crippen LogP contribution in [-0.2, 0) is 11.2 Å². The Labute approximate surface area is 139 Å². The standard InChI is InChI=1S/C19H19N3O2/c1-2-14(23)10-12-4-3-5-15-16(11-6-8-13(20)9-7-11)18(19(21)24)22-17(12)15/h3-9,22H,2,10,20H2,1H3,(H2,21,24). The van der Waals surface area contributed by atoms with E-state index in [9.17, 15) is 9.59 Å². The summed E-state index contributed by atoms with van der Waals surface area (Å²) >= 11 is 0. The molecule has 0 spiro atoms. The highest BCUT2D eigenvalue weighted by atomic mass is 16.1. The third-order valence-corrected chi connectivity index (χ3v) is 4.15. The molecule has 0 radical (unpaired) electrons. The first-order valence-corrected chi connectivity index (χ1v) is 7.82. The maximum Gasteiger partial charge on any atom is 0.265 e. The number of Topliss-reactive ketones (excluding diaryl/α,β-unsaturated/α-hetero) is 1. The fraction of sp³-hybridized carbons (Fsp3) is 0.158. The number of hydrogen-bond donors (Lipinski definition) is 3. The largest absolute Gasteiger partial charge is 0.399 e. The summed E-state index contributed by atoms with van der Waals surface area (Å²) in [5, 5.41) is 0.870. The predicted molar refractivity (Wildman–Crippen MR) is 95.7 cm³/mol. The Morgan fingerprint density at radius 1 is 1.08 bits per heavy atom. The summed E-state index contributed by atoms with van der Waals surface area (Å²) < 4.78 is 0. The molecule has 5 N–H and O–H groups in total. The summed E-state index contributed by atoms with van der Waals surface area (Å²) in [5.74, 6) is -0.391. The van der Waals surface area contributed by atoms with Crippen LogP contribution < -0.4 is 11.5 Å². The molecule has 0 aliphatic rings. The summed E-state index contributed by atoms with van der Waals surface area (Å²) in [6, 6.07) is 13.0. The highest BCUT2D eigenvalue weighted by Gasteiger charge is 2.19. The second-order valence-electron chi connectivity index (χ2n) is 5.77. The summed E-state index contributed by atoms with van der Waals surface area (Å²) in [4.78, 5) is 26.9. The van der Waals surface area contributed by atoms with Crippen LogP contribution in [0.3, 0.4) is 0 Å². The minimum Gasteiger partial charge on any atom is -0.399 e. The van der Waals surface area contributed by atoms with Gasteiger partial charge in [0.15, 0.2) is 0 Å². The van der Waals surface area contributed by atoms with E-state index in [4.69, 9.17) is 11.5 Å².